The number of likely N-dealkylation sites (N-methyl/N-ethyl adjacent to an activating group) is 1. The van der Waals surface area contributed by atoms with Gasteiger partial charge in [-0.2, -0.15) is 0 Å². The SMILES string of the molecule is CC(C)n1cncc1CN(C)CCN1CCOCC1. The summed E-state index contributed by atoms with van der Waals surface area (Å²) in [6, 6.07) is 0.477. The number of hydrogen-bond acceptors (Lipinski definition) is 4. The first kappa shape index (κ1) is 14.5. The summed E-state index contributed by atoms with van der Waals surface area (Å²) in [4.78, 5) is 9.09. The number of imidazole rings is 1. The van der Waals surface area contributed by atoms with Gasteiger partial charge in [-0.05, 0) is 20.9 Å². The van der Waals surface area contributed by atoms with Gasteiger partial charge >= 0.3 is 0 Å². The molecule has 1 fully saturated rings. The molecule has 5 nitrogen and oxygen atoms in total. The molecule has 0 aliphatic carbocycles. The zero-order chi connectivity index (χ0) is 13.7. The second kappa shape index (κ2) is 7.03. The van der Waals surface area contributed by atoms with E-state index in [1.165, 1.54) is 5.69 Å². The lowest BCUT2D eigenvalue weighted by atomic mass is 10.3. The molecule has 0 N–H and O–H groups in total. The Kier molecular flexibility index (Phi) is 5.36. The van der Waals surface area contributed by atoms with Gasteiger partial charge in [0.25, 0.3) is 0 Å². The highest BCUT2D eigenvalue weighted by Crippen LogP contribution is 2.10. The topological polar surface area (TPSA) is 33.5 Å². The highest BCUT2D eigenvalue weighted by molar-refractivity contribution is 4.99. The molecule has 0 amide bonds. The van der Waals surface area contributed by atoms with Crippen molar-refractivity contribution in [3.8, 4) is 0 Å². The van der Waals surface area contributed by atoms with E-state index in [9.17, 15) is 0 Å². The number of hydrogen-bond donors (Lipinski definition) is 0. The summed E-state index contributed by atoms with van der Waals surface area (Å²) in [5.41, 5.74) is 1.29. The molecule has 1 aliphatic rings. The highest BCUT2D eigenvalue weighted by atomic mass is 16.5. The van der Waals surface area contributed by atoms with Gasteiger partial charge in [0.1, 0.15) is 0 Å². The Morgan fingerprint density at radius 3 is 2.79 bits per heavy atom. The molecule has 5 heteroatoms. The van der Waals surface area contributed by atoms with Crippen LogP contribution in [-0.4, -0.2) is 65.8 Å². The van der Waals surface area contributed by atoms with E-state index in [-0.39, 0.29) is 0 Å². The maximum Gasteiger partial charge on any atom is 0.0951 e. The molecule has 0 bridgehead atoms. The van der Waals surface area contributed by atoms with Crippen LogP contribution in [-0.2, 0) is 11.3 Å². The van der Waals surface area contributed by atoms with Crippen molar-refractivity contribution in [3.63, 3.8) is 0 Å². The normalized spacial score (nSPS) is 17.5. The Hall–Kier alpha value is -0.910. The summed E-state index contributed by atoms with van der Waals surface area (Å²) in [5.74, 6) is 0. The van der Waals surface area contributed by atoms with Crippen molar-refractivity contribution in [1.29, 1.82) is 0 Å². The van der Waals surface area contributed by atoms with Crippen molar-refractivity contribution in [2.45, 2.75) is 26.4 Å². The molecule has 2 heterocycles. The van der Waals surface area contributed by atoms with Crippen LogP contribution in [0.25, 0.3) is 0 Å². The molecule has 0 atom stereocenters. The molecular formula is C14H26N4O. The van der Waals surface area contributed by atoms with Crippen molar-refractivity contribution >= 4 is 0 Å². The maximum atomic E-state index is 5.37. The van der Waals surface area contributed by atoms with Gasteiger partial charge in [-0.15, -0.1) is 0 Å². The van der Waals surface area contributed by atoms with E-state index in [2.05, 4.69) is 40.2 Å². The zero-order valence-electron chi connectivity index (χ0n) is 12.4. The maximum absolute atomic E-state index is 5.37. The van der Waals surface area contributed by atoms with Gasteiger partial charge in [0.2, 0.25) is 0 Å². The van der Waals surface area contributed by atoms with E-state index in [4.69, 9.17) is 4.74 Å². The van der Waals surface area contributed by atoms with Crippen molar-refractivity contribution < 1.29 is 4.74 Å². The molecule has 108 valence electrons. The van der Waals surface area contributed by atoms with E-state index in [0.717, 1.165) is 45.9 Å². The van der Waals surface area contributed by atoms with Gasteiger partial charge in [-0.25, -0.2) is 4.98 Å². The Balaban J connectivity index is 1.77. The molecule has 19 heavy (non-hydrogen) atoms. The van der Waals surface area contributed by atoms with Crippen LogP contribution in [0.5, 0.6) is 0 Å². The van der Waals surface area contributed by atoms with Gasteiger partial charge in [0.15, 0.2) is 0 Å². The number of morpholine rings is 1. The lowest BCUT2D eigenvalue weighted by molar-refractivity contribution is 0.0341. The Labute approximate surface area is 116 Å². The fraction of sp³-hybridized carbons (Fsp3) is 0.786. The third kappa shape index (κ3) is 4.30. The van der Waals surface area contributed by atoms with E-state index in [1.54, 1.807) is 0 Å². The van der Waals surface area contributed by atoms with Crippen LogP contribution in [0.3, 0.4) is 0 Å². The third-order valence-electron chi connectivity index (χ3n) is 3.64. The zero-order valence-corrected chi connectivity index (χ0v) is 12.4. The Morgan fingerprint density at radius 2 is 2.11 bits per heavy atom. The molecule has 1 aliphatic heterocycles. The van der Waals surface area contributed by atoms with Crippen molar-refractivity contribution in [3.05, 3.63) is 18.2 Å². The summed E-state index contributed by atoms with van der Waals surface area (Å²) in [6.07, 6.45) is 3.90. The van der Waals surface area contributed by atoms with Crippen LogP contribution >= 0.6 is 0 Å². The Bertz CT molecular complexity index is 371. The highest BCUT2D eigenvalue weighted by Gasteiger charge is 2.12. The number of aromatic nitrogens is 2. The smallest absolute Gasteiger partial charge is 0.0951 e. The first-order valence-corrected chi connectivity index (χ1v) is 7.16. The van der Waals surface area contributed by atoms with Crippen molar-refractivity contribution in [2.24, 2.45) is 0 Å². The van der Waals surface area contributed by atoms with Crippen LogP contribution in [0, 0.1) is 0 Å². The fourth-order valence-corrected chi connectivity index (χ4v) is 2.41. The van der Waals surface area contributed by atoms with Crippen LogP contribution in [0.1, 0.15) is 25.6 Å². The fourth-order valence-electron chi connectivity index (χ4n) is 2.41. The van der Waals surface area contributed by atoms with E-state index in [0.29, 0.717) is 6.04 Å². The third-order valence-corrected chi connectivity index (χ3v) is 3.64. The van der Waals surface area contributed by atoms with Gasteiger partial charge in [-0.1, -0.05) is 0 Å². The summed E-state index contributed by atoms with van der Waals surface area (Å²) < 4.78 is 7.61. The minimum atomic E-state index is 0.477. The summed E-state index contributed by atoms with van der Waals surface area (Å²) in [7, 11) is 2.18. The van der Waals surface area contributed by atoms with Gasteiger partial charge in [-0.3, -0.25) is 9.80 Å². The molecule has 1 aromatic heterocycles. The molecule has 0 spiro atoms. The summed E-state index contributed by atoms with van der Waals surface area (Å²) >= 11 is 0. The lowest BCUT2D eigenvalue weighted by Gasteiger charge is -2.28. The molecule has 2 rings (SSSR count). The predicted molar refractivity (Wildman–Crippen MR) is 76.2 cm³/mol. The average molecular weight is 266 g/mol. The molecule has 0 saturated carbocycles. The second-order valence-corrected chi connectivity index (χ2v) is 5.58. The first-order chi connectivity index (χ1) is 9.16. The van der Waals surface area contributed by atoms with E-state index in [1.807, 2.05) is 12.5 Å². The molecule has 1 saturated heterocycles. The van der Waals surface area contributed by atoms with Crippen LogP contribution < -0.4 is 0 Å². The van der Waals surface area contributed by atoms with E-state index < -0.39 is 0 Å². The predicted octanol–water partition coefficient (Wildman–Crippen LogP) is 1.23. The molecule has 0 radical (unpaired) electrons. The average Bonchev–Trinajstić information content (AvgIpc) is 2.86. The molecule has 0 aromatic carbocycles. The van der Waals surface area contributed by atoms with Gasteiger partial charge in [0, 0.05) is 45.0 Å². The lowest BCUT2D eigenvalue weighted by Crippen LogP contribution is -2.40. The van der Waals surface area contributed by atoms with Gasteiger partial charge < -0.3 is 9.30 Å². The number of nitrogens with zero attached hydrogens (tertiary/aromatic N) is 4. The van der Waals surface area contributed by atoms with Crippen LogP contribution in [0.4, 0.5) is 0 Å². The monoisotopic (exact) mass is 266 g/mol. The van der Waals surface area contributed by atoms with E-state index >= 15 is 0 Å². The van der Waals surface area contributed by atoms with Gasteiger partial charge in [0.05, 0.1) is 25.2 Å². The second-order valence-electron chi connectivity index (χ2n) is 5.58. The van der Waals surface area contributed by atoms with Crippen LogP contribution in [0.2, 0.25) is 0 Å². The first-order valence-electron chi connectivity index (χ1n) is 7.16. The number of rotatable bonds is 6. The standard InChI is InChI=1S/C14H26N4O/c1-13(2)18-12-15-10-14(18)11-16(3)4-5-17-6-8-19-9-7-17/h10,12-13H,4-9,11H2,1-3H3. The van der Waals surface area contributed by atoms with Crippen LogP contribution in [0.15, 0.2) is 12.5 Å². The quantitative estimate of drug-likeness (QED) is 0.775. The minimum absolute atomic E-state index is 0.477. The molecule has 0 unspecified atom stereocenters. The summed E-state index contributed by atoms with van der Waals surface area (Å²) in [6.45, 7) is 11.4. The molecule has 1 aromatic rings. The van der Waals surface area contributed by atoms with Crippen molar-refractivity contribution in [1.82, 2.24) is 19.4 Å². The van der Waals surface area contributed by atoms with Crippen molar-refractivity contribution in [2.75, 3.05) is 46.4 Å². The number of ether oxygens (including phenoxy) is 1. The minimum Gasteiger partial charge on any atom is -0.379 e. The summed E-state index contributed by atoms with van der Waals surface area (Å²) in [5, 5.41) is 0. The largest absolute Gasteiger partial charge is 0.379 e. The Morgan fingerprint density at radius 1 is 1.37 bits per heavy atom. The molecular weight excluding hydrogens is 240 g/mol.